The maximum atomic E-state index is 13.6. The van der Waals surface area contributed by atoms with Crippen molar-refractivity contribution in [2.75, 3.05) is 25.6 Å². The van der Waals surface area contributed by atoms with Crippen molar-refractivity contribution in [3.05, 3.63) is 33.7 Å². The number of aliphatic hydroxyl groups is 2. The number of rotatable bonds is 3. The summed E-state index contributed by atoms with van der Waals surface area (Å²) in [5.41, 5.74) is 5.30. The van der Waals surface area contributed by atoms with Crippen molar-refractivity contribution in [3.63, 3.8) is 0 Å². The molecule has 2 aliphatic carbocycles. The van der Waals surface area contributed by atoms with E-state index in [4.69, 9.17) is 40.4 Å². The summed E-state index contributed by atoms with van der Waals surface area (Å²) in [7, 11) is -4.92. The molecule has 8 rings (SSSR count). The SMILES string of the molecule is Cc1nc2c([C@@H]3O[C@@H]4COP(O)(=S)O[C@H]5[C@@H](O)[C@H](n6cnc7c(N)ncnc76)[C@H]6C[C@@]65COP(=O)(O)O[C@@H]3[C@@H]4CO)snc2c(=O)[nH]1. The van der Waals surface area contributed by atoms with Crippen LogP contribution in [0.2, 0.25) is 0 Å². The van der Waals surface area contributed by atoms with Crippen molar-refractivity contribution >= 4 is 65.9 Å². The number of aromatic nitrogens is 7. The number of hydrogen-bond donors (Lipinski definition) is 6. The van der Waals surface area contributed by atoms with Gasteiger partial charge in [-0.15, -0.1) is 0 Å². The van der Waals surface area contributed by atoms with Gasteiger partial charge in [0.25, 0.3) is 5.56 Å². The number of nitrogens with two attached hydrogens (primary N) is 1. The molecule has 4 aromatic rings. The number of aryl methyl sites for hydroxylation is 1. The zero-order chi connectivity index (χ0) is 33.0. The number of H-pyrrole nitrogens is 1. The number of phosphoric acid groups is 1. The summed E-state index contributed by atoms with van der Waals surface area (Å²) in [6, 6.07) is -0.716. The van der Waals surface area contributed by atoms with Gasteiger partial charge in [0.1, 0.15) is 47.6 Å². The van der Waals surface area contributed by atoms with E-state index in [1.54, 1.807) is 11.5 Å². The largest absolute Gasteiger partial charge is 0.472 e. The third-order valence-electron chi connectivity index (χ3n) is 9.40. The second kappa shape index (κ2) is 11.1. The summed E-state index contributed by atoms with van der Waals surface area (Å²) in [5, 5.41) is 22.0. The number of phosphoric ester groups is 1. The number of anilines is 1. The Hall–Kier alpha value is -2.36. The van der Waals surface area contributed by atoms with E-state index in [9.17, 15) is 29.4 Å². The maximum absolute atomic E-state index is 13.6. The summed E-state index contributed by atoms with van der Waals surface area (Å²) in [6.45, 7) is -3.98. The fraction of sp³-hybridized carbons (Fsp3) is 0.583. The molecule has 0 radical (unpaired) electrons. The monoisotopic (exact) mass is 730 g/mol. The van der Waals surface area contributed by atoms with Crippen molar-refractivity contribution in [2.45, 2.75) is 49.9 Å². The van der Waals surface area contributed by atoms with Gasteiger partial charge < -0.3 is 49.1 Å². The van der Waals surface area contributed by atoms with Gasteiger partial charge in [-0.25, -0.2) is 24.5 Å². The second-order valence-corrected chi connectivity index (χ2v) is 17.0. The molecule has 23 heteroatoms. The lowest BCUT2D eigenvalue weighted by Crippen LogP contribution is -2.38. The van der Waals surface area contributed by atoms with Crippen molar-refractivity contribution in [1.82, 2.24) is 33.9 Å². The van der Waals surface area contributed by atoms with E-state index in [1.165, 1.54) is 12.7 Å². The van der Waals surface area contributed by atoms with E-state index >= 15 is 0 Å². The molecule has 4 aromatic heterocycles. The fourth-order valence-electron chi connectivity index (χ4n) is 7.18. The molecule has 2 unspecified atom stereocenters. The molecular weight excluding hydrogens is 702 g/mol. The van der Waals surface area contributed by atoms with Crippen LogP contribution in [0, 0.1) is 24.2 Å². The zero-order valence-corrected chi connectivity index (χ0v) is 27.6. The van der Waals surface area contributed by atoms with E-state index in [-0.39, 0.29) is 16.9 Å². The first-order valence-electron chi connectivity index (χ1n) is 14.4. The lowest BCUT2D eigenvalue weighted by Gasteiger charge is -2.31. The molecule has 2 bridgehead atoms. The molecule has 11 atom stereocenters. The summed E-state index contributed by atoms with van der Waals surface area (Å²) in [6.07, 6.45) is -2.93. The topological polar surface area (TPSA) is 272 Å². The highest BCUT2D eigenvalue weighted by molar-refractivity contribution is 8.07. The van der Waals surface area contributed by atoms with E-state index in [2.05, 4.69) is 29.3 Å². The Balaban J connectivity index is 1.15. The third kappa shape index (κ3) is 5.11. The number of imidazole rings is 1. The Bertz CT molecular complexity index is 2060. The molecule has 2 saturated heterocycles. The minimum atomic E-state index is -4.92. The number of aliphatic hydroxyl groups excluding tert-OH is 2. The number of fused-ring (bicyclic) bond motifs is 4. The number of hydrogen-bond acceptors (Lipinski definition) is 17. The predicted molar refractivity (Wildman–Crippen MR) is 164 cm³/mol. The van der Waals surface area contributed by atoms with Gasteiger partial charge in [-0.2, -0.15) is 4.37 Å². The van der Waals surface area contributed by atoms with Crippen LogP contribution in [-0.4, -0.2) is 98.1 Å². The average molecular weight is 731 g/mol. The Labute approximate surface area is 273 Å². The van der Waals surface area contributed by atoms with Crippen molar-refractivity contribution < 1.29 is 47.4 Å². The summed E-state index contributed by atoms with van der Waals surface area (Å²) in [5.74, 6) is -0.930. The van der Waals surface area contributed by atoms with E-state index in [1.807, 2.05) is 0 Å². The smallest absolute Gasteiger partial charge is 0.396 e. The standard InChI is InChI=1S/C24H28N8O11P2S2/c1-8-29-12-13(23(35)30-8)31-47-19(12)18-17-9(3-33)11(41-18)4-39-45(38,46)43-20-16(34)15(10-2-24(10,20)5-40-44(36,37)42-17)32-7-28-14-21(25)26-6-27-22(14)32/h6-7,9-11,15-18,20,33-34H,2-5H2,1H3,(H,36,37)(H,38,46)(H2,25,26,27)(H,29,30,35)/t9-,10-,11-,15-,16+,17-,18-,20+,24-,45?/m1/s1. The Kier molecular flexibility index (Phi) is 7.51. The highest BCUT2D eigenvalue weighted by Gasteiger charge is 2.74. The van der Waals surface area contributed by atoms with Gasteiger partial charge in [0.15, 0.2) is 17.0 Å². The zero-order valence-electron chi connectivity index (χ0n) is 24.2. The molecule has 19 nitrogen and oxygen atoms in total. The van der Waals surface area contributed by atoms with Gasteiger partial charge in [0, 0.05) is 11.3 Å². The minimum absolute atomic E-state index is 0.0365. The van der Waals surface area contributed by atoms with Crippen molar-refractivity contribution in [3.8, 4) is 0 Å². The Morgan fingerprint density at radius 3 is 2.81 bits per heavy atom. The number of ether oxygens (including phenoxy) is 1. The summed E-state index contributed by atoms with van der Waals surface area (Å²) < 4.78 is 48.6. The molecule has 0 aromatic carbocycles. The van der Waals surface area contributed by atoms with Gasteiger partial charge in [0.2, 0.25) is 0 Å². The van der Waals surface area contributed by atoms with Gasteiger partial charge in [-0.3, -0.25) is 13.8 Å². The number of nitrogens with one attached hydrogen (secondary N) is 1. The van der Waals surface area contributed by atoms with Crippen LogP contribution in [0.1, 0.15) is 29.3 Å². The molecule has 4 fully saturated rings. The summed E-state index contributed by atoms with van der Waals surface area (Å²) in [4.78, 5) is 54.6. The Morgan fingerprint density at radius 2 is 2.02 bits per heavy atom. The minimum Gasteiger partial charge on any atom is -0.396 e. The first-order valence-corrected chi connectivity index (χ1v) is 19.2. The number of nitrogen functional groups attached to an aromatic ring is 1. The molecule has 4 aliphatic rings. The molecule has 2 aliphatic heterocycles. The lowest BCUT2D eigenvalue weighted by molar-refractivity contribution is -0.0419. The quantitative estimate of drug-likeness (QED) is 0.154. The number of nitrogens with zero attached hydrogens (tertiary/aromatic N) is 6. The average Bonchev–Trinajstić information content (AvgIpc) is 3.30. The van der Waals surface area contributed by atoms with E-state index < -0.39 is 93.7 Å². The van der Waals surface area contributed by atoms with Crippen molar-refractivity contribution in [2.24, 2.45) is 17.3 Å². The van der Waals surface area contributed by atoms with Gasteiger partial charge >= 0.3 is 14.5 Å². The van der Waals surface area contributed by atoms with Gasteiger partial charge in [-0.1, -0.05) is 0 Å². The molecule has 252 valence electrons. The highest BCUT2D eigenvalue weighted by Crippen LogP contribution is 2.72. The van der Waals surface area contributed by atoms with Crippen LogP contribution in [-0.2, 0) is 39.2 Å². The maximum Gasteiger partial charge on any atom is 0.472 e. The summed E-state index contributed by atoms with van der Waals surface area (Å²) >= 11 is 6.26. The van der Waals surface area contributed by atoms with Crippen LogP contribution in [0.3, 0.4) is 0 Å². The third-order valence-corrected chi connectivity index (χ3v) is 12.8. The normalized spacial score (nSPS) is 40.4. The second-order valence-electron chi connectivity index (χ2n) is 12.0. The molecule has 47 heavy (non-hydrogen) atoms. The molecule has 7 N–H and O–H groups in total. The molecule has 6 heterocycles. The van der Waals surface area contributed by atoms with Crippen LogP contribution in [0.15, 0.2) is 17.4 Å². The van der Waals surface area contributed by atoms with E-state index in [0.29, 0.717) is 28.3 Å². The fourth-order valence-corrected chi connectivity index (χ4v) is 10.6. The molecular formula is C24H28N8O11P2S2. The van der Waals surface area contributed by atoms with Crippen LogP contribution in [0.5, 0.6) is 0 Å². The molecule has 1 spiro atoms. The van der Waals surface area contributed by atoms with Gasteiger partial charge in [-0.05, 0) is 42.6 Å². The molecule has 0 amide bonds. The first kappa shape index (κ1) is 31.9. The molecule has 2 saturated carbocycles. The predicted octanol–water partition coefficient (Wildman–Crippen LogP) is 0.215. The van der Waals surface area contributed by atoms with Crippen molar-refractivity contribution in [1.29, 1.82) is 0 Å². The van der Waals surface area contributed by atoms with Crippen LogP contribution >= 0.6 is 26.1 Å². The first-order chi connectivity index (χ1) is 22.3. The van der Waals surface area contributed by atoms with E-state index in [0.717, 1.165) is 11.5 Å². The lowest BCUT2D eigenvalue weighted by atomic mass is 9.96. The number of aromatic amines is 1. The highest BCUT2D eigenvalue weighted by atomic mass is 32.5. The Morgan fingerprint density at radius 1 is 1.21 bits per heavy atom. The van der Waals surface area contributed by atoms with Crippen LogP contribution < -0.4 is 11.3 Å². The van der Waals surface area contributed by atoms with Crippen LogP contribution in [0.25, 0.3) is 22.2 Å². The van der Waals surface area contributed by atoms with Crippen LogP contribution in [0.4, 0.5) is 5.82 Å². The van der Waals surface area contributed by atoms with Gasteiger partial charge in [0.05, 0.1) is 43.2 Å².